The third-order valence-corrected chi connectivity index (χ3v) is 5.08. The highest BCUT2D eigenvalue weighted by Gasteiger charge is 2.59. The van der Waals surface area contributed by atoms with E-state index in [1.54, 1.807) is 13.0 Å². The molecule has 3 N–H and O–H groups in total. The van der Waals surface area contributed by atoms with Gasteiger partial charge in [-0.2, -0.15) is 0 Å². The lowest BCUT2D eigenvalue weighted by Gasteiger charge is -2.36. The Balaban J connectivity index is 2.09. The molecule has 3 aliphatic rings. The van der Waals surface area contributed by atoms with Gasteiger partial charge in [0, 0.05) is 23.8 Å². The van der Waals surface area contributed by atoms with E-state index in [2.05, 4.69) is 6.58 Å². The summed E-state index contributed by atoms with van der Waals surface area (Å²) >= 11 is 0. The predicted molar refractivity (Wildman–Crippen MR) is 70.5 cm³/mol. The van der Waals surface area contributed by atoms with Crippen LogP contribution in [0.2, 0.25) is 0 Å². The van der Waals surface area contributed by atoms with Gasteiger partial charge in [0.15, 0.2) is 0 Å². The normalized spacial score (nSPS) is 51.1. The Morgan fingerprint density at radius 1 is 1.40 bits per heavy atom. The fourth-order valence-corrected chi connectivity index (χ4v) is 4.24. The maximum absolute atomic E-state index is 11.8. The maximum atomic E-state index is 11.8. The van der Waals surface area contributed by atoms with Crippen LogP contribution < -0.4 is 0 Å². The smallest absolute Gasteiger partial charge is 0.334 e. The van der Waals surface area contributed by atoms with Crippen molar-refractivity contribution in [2.75, 3.05) is 0 Å². The second-order valence-electron chi connectivity index (χ2n) is 6.50. The average molecular weight is 280 g/mol. The van der Waals surface area contributed by atoms with Crippen molar-refractivity contribution in [3.8, 4) is 0 Å². The molecule has 1 saturated heterocycles. The topological polar surface area (TPSA) is 87.0 Å². The van der Waals surface area contributed by atoms with Crippen molar-refractivity contribution < 1.29 is 24.9 Å². The van der Waals surface area contributed by atoms with Gasteiger partial charge >= 0.3 is 5.97 Å². The van der Waals surface area contributed by atoms with Crippen LogP contribution in [0.25, 0.3) is 0 Å². The fourth-order valence-electron chi connectivity index (χ4n) is 4.24. The molecule has 0 spiro atoms. The van der Waals surface area contributed by atoms with Crippen LogP contribution in [0.4, 0.5) is 0 Å². The van der Waals surface area contributed by atoms with E-state index in [0.717, 1.165) is 5.57 Å². The molecule has 7 unspecified atom stereocenters. The Hall–Kier alpha value is -1.17. The summed E-state index contributed by atoms with van der Waals surface area (Å²) in [4.78, 5) is 11.8. The molecule has 0 amide bonds. The summed E-state index contributed by atoms with van der Waals surface area (Å²) in [6.45, 7) is 7.19. The predicted octanol–water partition coefficient (Wildman–Crippen LogP) is 0.153. The number of hydrogen-bond donors (Lipinski definition) is 3. The molecular formula is C15H20O5. The monoisotopic (exact) mass is 280 g/mol. The van der Waals surface area contributed by atoms with E-state index >= 15 is 0 Å². The Kier molecular flexibility index (Phi) is 2.87. The first-order valence-corrected chi connectivity index (χ1v) is 6.90. The molecule has 1 saturated carbocycles. The molecule has 0 aromatic carbocycles. The zero-order valence-corrected chi connectivity index (χ0v) is 11.6. The number of rotatable bonds is 0. The number of carbonyl (C=O) groups excluding carboxylic acids is 1. The number of ether oxygens (including phenoxy) is 1. The first-order chi connectivity index (χ1) is 9.24. The zero-order valence-electron chi connectivity index (χ0n) is 11.6. The van der Waals surface area contributed by atoms with E-state index in [9.17, 15) is 20.1 Å². The molecule has 110 valence electrons. The largest absolute Gasteiger partial charge is 0.458 e. The lowest BCUT2D eigenvalue weighted by Crippen LogP contribution is -2.45. The summed E-state index contributed by atoms with van der Waals surface area (Å²) in [5.74, 6) is -1.78. The van der Waals surface area contributed by atoms with Crippen molar-refractivity contribution in [1.82, 2.24) is 0 Å². The van der Waals surface area contributed by atoms with Gasteiger partial charge in [0.05, 0.1) is 23.7 Å². The van der Waals surface area contributed by atoms with E-state index in [-0.39, 0.29) is 17.9 Å². The second-order valence-corrected chi connectivity index (χ2v) is 6.50. The molecule has 0 aromatic heterocycles. The number of esters is 1. The van der Waals surface area contributed by atoms with Crippen molar-refractivity contribution in [1.29, 1.82) is 0 Å². The number of aliphatic hydroxyl groups excluding tert-OH is 2. The van der Waals surface area contributed by atoms with Crippen molar-refractivity contribution in [2.45, 2.75) is 44.2 Å². The van der Waals surface area contributed by atoms with E-state index in [4.69, 9.17) is 4.74 Å². The molecule has 5 nitrogen and oxygen atoms in total. The highest BCUT2D eigenvalue weighted by molar-refractivity contribution is 5.91. The number of hydrogen-bond acceptors (Lipinski definition) is 5. The second kappa shape index (κ2) is 4.16. The van der Waals surface area contributed by atoms with Gasteiger partial charge in [-0.05, 0) is 13.8 Å². The summed E-state index contributed by atoms with van der Waals surface area (Å²) < 4.78 is 5.39. The number of fused-ring (bicyclic) bond motifs is 3. The summed E-state index contributed by atoms with van der Waals surface area (Å²) in [7, 11) is 0. The van der Waals surface area contributed by atoms with Crippen molar-refractivity contribution in [3.05, 3.63) is 23.8 Å². The van der Waals surface area contributed by atoms with Gasteiger partial charge in [-0.25, -0.2) is 4.79 Å². The lowest BCUT2D eigenvalue weighted by molar-refractivity contribution is -0.143. The molecule has 5 heteroatoms. The van der Waals surface area contributed by atoms with Crippen LogP contribution in [0.5, 0.6) is 0 Å². The summed E-state index contributed by atoms with van der Waals surface area (Å²) in [5, 5.41) is 31.2. The Morgan fingerprint density at radius 3 is 2.70 bits per heavy atom. The van der Waals surface area contributed by atoms with Gasteiger partial charge in [0.25, 0.3) is 0 Å². The van der Waals surface area contributed by atoms with Crippen LogP contribution in [-0.2, 0) is 9.53 Å². The van der Waals surface area contributed by atoms with Gasteiger partial charge < -0.3 is 20.1 Å². The SMILES string of the molecule is C=C1C(=O)OC2C1C(O)CC(C)(O)C1C(O)C=C(C)C21. The highest BCUT2D eigenvalue weighted by Crippen LogP contribution is 2.52. The van der Waals surface area contributed by atoms with Crippen molar-refractivity contribution in [3.63, 3.8) is 0 Å². The third-order valence-electron chi connectivity index (χ3n) is 5.08. The average Bonchev–Trinajstić information content (AvgIpc) is 2.73. The van der Waals surface area contributed by atoms with Gasteiger partial charge in [-0.1, -0.05) is 18.2 Å². The van der Waals surface area contributed by atoms with Gasteiger partial charge in [-0.3, -0.25) is 0 Å². The number of carbonyl (C=O) groups is 1. The zero-order chi connectivity index (χ0) is 14.8. The molecule has 0 radical (unpaired) electrons. The Labute approximate surface area is 117 Å². The van der Waals surface area contributed by atoms with Gasteiger partial charge in [-0.15, -0.1) is 0 Å². The van der Waals surface area contributed by atoms with Crippen LogP contribution in [0.1, 0.15) is 20.3 Å². The molecule has 20 heavy (non-hydrogen) atoms. The molecule has 2 fully saturated rings. The van der Waals surface area contributed by atoms with Gasteiger partial charge in [0.1, 0.15) is 6.10 Å². The minimum atomic E-state index is -1.23. The fraction of sp³-hybridized carbons (Fsp3) is 0.667. The number of aliphatic hydroxyl groups is 3. The first-order valence-electron chi connectivity index (χ1n) is 6.90. The van der Waals surface area contributed by atoms with Crippen LogP contribution in [0.3, 0.4) is 0 Å². The van der Waals surface area contributed by atoms with Crippen LogP contribution in [-0.4, -0.2) is 45.2 Å². The minimum absolute atomic E-state index is 0.0865. The van der Waals surface area contributed by atoms with Crippen LogP contribution in [0.15, 0.2) is 23.8 Å². The minimum Gasteiger partial charge on any atom is -0.458 e. The lowest BCUT2D eigenvalue weighted by atomic mass is 9.75. The Morgan fingerprint density at radius 2 is 2.05 bits per heavy atom. The molecule has 1 heterocycles. The van der Waals surface area contributed by atoms with Crippen LogP contribution >= 0.6 is 0 Å². The van der Waals surface area contributed by atoms with Crippen LogP contribution in [0, 0.1) is 17.8 Å². The van der Waals surface area contributed by atoms with E-state index in [1.807, 2.05) is 6.92 Å². The first kappa shape index (κ1) is 13.8. The molecule has 1 aliphatic heterocycles. The standard InChI is InChI=1S/C15H20O5/c1-6-4-8(16)12-10(6)13-11(7(2)14(18)20-13)9(17)5-15(12,3)19/h4,8-13,16-17,19H,2,5H2,1,3H3. The highest BCUT2D eigenvalue weighted by atomic mass is 16.6. The van der Waals surface area contributed by atoms with E-state index in [0.29, 0.717) is 0 Å². The molecule has 0 bridgehead atoms. The van der Waals surface area contributed by atoms with Gasteiger partial charge in [0.2, 0.25) is 0 Å². The third kappa shape index (κ3) is 1.70. The molecule has 7 atom stereocenters. The summed E-state index contributed by atoms with van der Waals surface area (Å²) in [5.41, 5.74) is -0.0862. The van der Waals surface area contributed by atoms with E-state index < -0.39 is 41.7 Å². The van der Waals surface area contributed by atoms with Crippen molar-refractivity contribution in [2.24, 2.45) is 17.8 Å². The quantitative estimate of drug-likeness (QED) is 0.334. The molecule has 2 aliphatic carbocycles. The molecule has 3 rings (SSSR count). The van der Waals surface area contributed by atoms with Crippen molar-refractivity contribution >= 4 is 5.97 Å². The molecular weight excluding hydrogens is 260 g/mol. The summed E-state index contributed by atoms with van der Waals surface area (Å²) in [6.07, 6.45) is -0.471. The molecule has 0 aromatic rings. The summed E-state index contributed by atoms with van der Waals surface area (Å²) in [6, 6.07) is 0. The maximum Gasteiger partial charge on any atom is 0.334 e. The Bertz CT molecular complexity index is 506. The van der Waals surface area contributed by atoms with E-state index in [1.165, 1.54) is 0 Å².